The molecule has 0 unspecified atom stereocenters. The number of nitrogens with zero attached hydrogens (tertiary/aromatic N) is 4. The number of phenols is 1. The lowest BCUT2D eigenvalue weighted by atomic mass is 10.3. The van der Waals surface area contributed by atoms with Gasteiger partial charge in [-0.25, -0.2) is 4.98 Å². The SMILES string of the molecule is CC/C(N=Nc1nc2ccccc2s1)=N/Nc1ccccc1O. The average molecular weight is 325 g/mol. The number of aromatic nitrogens is 1. The standard InChI is InChI=1S/C16H15N5OS/c1-2-15(19-18-11-7-3-5-9-13(11)22)20-21-16-17-12-8-4-6-10-14(12)23-16/h3-10,18,22H,2H2,1H3/b19-15-,21-20?. The number of benzene rings is 2. The highest BCUT2D eigenvalue weighted by atomic mass is 32.1. The first kappa shape index (κ1) is 15.1. The van der Waals surface area contributed by atoms with Crippen molar-refractivity contribution in [3.63, 3.8) is 0 Å². The van der Waals surface area contributed by atoms with Gasteiger partial charge in [-0.1, -0.05) is 42.5 Å². The van der Waals surface area contributed by atoms with Crippen molar-refractivity contribution in [2.24, 2.45) is 15.3 Å². The molecule has 0 aliphatic rings. The number of hydrazone groups is 1. The number of amidine groups is 1. The number of thiazole rings is 1. The molecule has 0 fully saturated rings. The van der Waals surface area contributed by atoms with E-state index < -0.39 is 0 Å². The van der Waals surface area contributed by atoms with Crippen LogP contribution in [0.15, 0.2) is 63.9 Å². The third-order valence-electron chi connectivity index (χ3n) is 3.06. The molecule has 23 heavy (non-hydrogen) atoms. The summed E-state index contributed by atoms with van der Waals surface area (Å²) in [6, 6.07) is 14.7. The zero-order valence-electron chi connectivity index (χ0n) is 12.5. The van der Waals surface area contributed by atoms with Crippen LogP contribution in [-0.2, 0) is 0 Å². The Hall–Kier alpha value is -2.80. The number of rotatable bonds is 4. The average Bonchev–Trinajstić information content (AvgIpc) is 2.99. The number of anilines is 1. The van der Waals surface area contributed by atoms with Gasteiger partial charge in [-0.05, 0) is 24.3 Å². The summed E-state index contributed by atoms with van der Waals surface area (Å²) < 4.78 is 1.07. The van der Waals surface area contributed by atoms with E-state index in [0.29, 0.717) is 23.1 Å². The highest BCUT2D eigenvalue weighted by Crippen LogP contribution is 2.28. The topological polar surface area (TPSA) is 82.2 Å². The van der Waals surface area contributed by atoms with Crippen molar-refractivity contribution in [2.45, 2.75) is 13.3 Å². The molecule has 0 radical (unpaired) electrons. The van der Waals surface area contributed by atoms with Gasteiger partial charge in [-0.3, -0.25) is 5.43 Å². The van der Waals surface area contributed by atoms with Gasteiger partial charge in [-0.2, -0.15) is 5.10 Å². The van der Waals surface area contributed by atoms with Crippen LogP contribution < -0.4 is 5.43 Å². The van der Waals surface area contributed by atoms with Crippen molar-refractivity contribution in [3.8, 4) is 5.75 Å². The predicted octanol–water partition coefficient (Wildman–Crippen LogP) is 4.92. The molecule has 0 aliphatic heterocycles. The van der Waals surface area contributed by atoms with E-state index in [4.69, 9.17) is 0 Å². The quantitative estimate of drug-likeness (QED) is 0.235. The van der Waals surface area contributed by atoms with E-state index >= 15 is 0 Å². The molecule has 2 N–H and O–H groups in total. The van der Waals surface area contributed by atoms with Gasteiger partial charge in [0, 0.05) is 6.42 Å². The highest BCUT2D eigenvalue weighted by Gasteiger charge is 2.02. The van der Waals surface area contributed by atoms with Crippen molar-refractivity contribution in [1.29, 1.82) is 0 Å². The largest absolute Gasteiger partial charge is 0.506 e. The Kier molecular flexibility index (Phi) is 4.58. The van der Waals surface area contributed by atoms with Crippen LogP contribution >= 0.6 is 11.3 Å². The van der Waals surface area contributed by atoms with Crippen molar-refractivity contribution >= 4 is 38.2 Å². The zero-order chi connectivity index (χ0) is 16.1. The number of azo groups is 1. The maximum atomic E-state index is 9.69. The molecule has 0 saturated heterocycles. The van der Waals surface area contributed by atoms with E-state index in [-0.39, 0.29) is 5.75 Å². The summed E-state index contributed by atoms with van der Waals surface area (Å²) in [5.41, 5.74) is 4.23. The van der Waals surface area contributed by atoms with Gasteiger partial charge in [0.25, 0.3) is 0 Å². The van der Waals surface area contributed by atoms with Crippen LogP contribution in [0.4, 0.5) is 10.8 Å². The number of hydrogen-bond acceptors (Lipinski definition) is 6. The Morgan fingerprint density at radius 3 is 2.74 bits per heavy atom. The van der Waals surface area contributed by atoms with Crippen LogP contribution in [0.5, 0.6) is 5.75 Å². The summed E-state index contributed by atoms with van der Waals surface area (Å²) in [7, 11) is 0. The lowest BCUT2D eigenvalue weighted by Gasteiger charge is -2.03. The summed E-state index contributed by atoms with van der Waals surface area (Å²) in [5, 5.41) is 22.7. The van der Waals surface area contributed by atoms with Crippen molar-refractivity contribution in [3.05, 3.63) is 48.5 Å². The molecule has 1 aromatic heterocycles. The number of fused-ring (bicyclic) bond motifs is 1. The third kappa shape index (κ3) is 3.70. The Bertz CT molecular complexity index is 839. The predicted molar refractivity (Wildman–Crippen MR) is 93.6 cm³/mol. The van der Waals surface area contributed by atoms with E-state index in [1.165, 1.54) is 11.3 Å². The first-order chi connectivity index (χ1) is 11.3. The number of phenolic OH excluding ortho intramolecular Hbond substituents is 1. The second-order valence-corrected chi connectivity index (χ2v) is 5.68. The second-order valence-electron chi connectivity index (χ2n) is 4.67. The van der Waals surface area contributed by atoms with Gasteiger partial charge in [0.1, 0.15) is 5.75 Å². The zero-order valence-corrected chi connectivity index (χ0v) is 13.3. The summed E-state index contributed by atoms with van der Waals surface area (Å²) in [6.45, 7) is 1.93. The summed E-state index contributed by atoms with van der Waals surface area (Å²) >= 11 is 1.48. The van der Waals surface area contributed by atoms with Gasteiger partial charge in [0.15, 0.2) is 5.84 Å². The molecule has 0 saturated carbocycles. The van der Waals surface area contributed by atoms with E-state index in [1.807, 2.05) is 37.3 Å². The van der Waals surface area contributed by atoms with Gasteiger partial charge in [0.2, 0.25) is 5.13 Å². The summed E-state index contributed by atoms with van der Waals surface area (Å²) in [6.07, 6.45) is 0.606. The van der Waals surface area contributed by atoms with E-state index in [1.54, 1.807) is 18.2 Å². The Labute approximate surface area is 137 Å². The fourth-order valence-corrected chi connectivity index (χ4v) is 2.66. The molecular formula is C16H15N5OS. The molecule has 0 atom stereocenters. The molecule has 1 heterocycles. The monoisotopic (exact) mass is 325 g/mol. The normalized spacial score (nSPS) is 12.1. The summed E-state index contributed by atoms with van der Waals surface area (Å²) in [4.78, 5) is 4.39. The Morgan fingerprint density at radius 2 is 1.96 bits per heavy atom. The molecule has 7 heteroatoms. The fourth-order valence-electron chi connectivity index (χ4n) is 1.87. The minimum atomic E-state index is 0.134. The van der Waals surface area contributed by atoms with E-state index in [9.17, 15) is 5.11 Å². The van der Waals surface area contributed by atoms with Crippen molar-refractivity contribution < 1.29 is 5.11 Å². The molecule has 2 aromatic carbocycles. The van der Waals surface area contributed by atoms with Gasteiger partial charge < -0.3 is 5.11 Å². The van der Waals surface area contributed by atoms with Crippen LogP contribution in [0.2, 0.25) is 0 Å². The van der Waals surface area contributed by atoms with Gasteiger partial charge in [0.05, 0.1) is 15.9 Å². The Morgan fingerprint density at radius 1 is 1.17 bits per heavy atom. The van der Waals surface area contributed by atoms with Crippen molar-refractivity contribution in [1.82, 2.24) is 4.98 Å². The van der Waals surface area contributed by atoms with E-state index in [2.05, 4.69) is 25.7 Å². The molecule has 3 rings (SSSR count). The first-order valence-corrected chi connectivity index (χ1v) is 7.96. The number of hydrogen-bond donors (Lipinski definition) is 2. The molecule has 6 nitrogen and oxygen atoms in total. The molecule has 0 spiro atoms. The molecule has 3 aromatic rings. The molecule has 0 bridgehead atoms. The first-order valence-electron chi connectivity index (χ1n) is 7.14. The van der Waals surface area contributed by atoms with Crippen LogP contribution in [-0.4, -0.2) is 15.9 Å². The van der Waals surface area contributed by atoms with Crippen LogP contribution in [0.1, 0.15) is 13.3 Å². The van der Waals surface area contributed by atoms with Gasteiger partial charge >= 0.3 is 0 Å². The second kappa shape index (κ2) is 6.97. The minimum absolute atomic E-state index is 0.134. The summed E-state index contributed by atoms with van der Waals surface area (Å²) in [5.74, 6) is 0.655. The maximum Gasteiger partial charge on any atom is 0.231 e. The van der Waals surface area contributed by atoms with Crippen LogP contribution in [0.3, 0.4) is 0 Å². The maximum absolute atomic E-state index is 9.69. The fraction of sp³-hybridized carbons (Fsp3) is 0.125. The van der Waals surface area contributed by atoms with Crippen LogP contribution in [0.25, 0.3) is 10.2 Å². The number of para-hydroxylation sites is 3. The lowest BCUT2D eigenvalue weighted by Crippen LogP contribution is -1.97. The third-order valence-corrected chi connectivity index (χ3v) is 3.98. The Balaban J connectivity index is 1.75. The molecule has 0 aliphatic carbocycles. The molecular weight excluding hydrogens is 310 g/mol. The van der Waals surface area contributed by atoms with Crippen molar-refractivity contribution in [2.75, 3.05) is 5.43 Å². The van der Waals surface area contributed by atoms with E-state index in [0.717, 1.165) is 10.2 Å². The smallest absolute Gasteiger partial charge is 0.231 e. The number of nitrogens with one attached hydrogen (secondary N) is 1. The lowest BCUT2D eigenvalue weighted by molar-refractivity contribution is 0.477. The number of aromatic hydroxyl groups is 1. The van der Waals surface area contributed by atoms with Gasteiger partial charge in [-0.15, -0.1) is 10.2 Å². The molecule has 116 valence electrons. The highest BCUT2D eigenvalue weighted by molar-refractivity contribution is 7.21. The molecule has 0 amide bonds. The minimum Gasteiger partial charge on any atom is -0.506 e. The van der Waals surface area contributed by atoms with Crippen LogP contribution in [0, 0.1) is 0 Å².